The van der Waals surface area contributed by atoms with Crippen LogP contribution >= 0.6 is 0 Å². The molecule has 0 fully saturated rings. The molecule has 1 aromatic carbocycles. The molecule has 18 heavy (non-hydrogen) atoms. The number of aliphatic hydroxyl groups is 1. The molecule has 4 nitrogen and oxygen atoms in total. The zero-order valence-corrected chi connectivity index (χ0v) is 12.1. The highest BCUT2D eigenvalue weighted by Gasteiger charge is 2.33. The fourth-order valence-corrected chi connectivity index (χ4v) is 4.13. The Morgan fingerprint density at radius 2 is 2.00 bits per heavy atom. The molecule has 0 bridgehead atoms. The number of hydrogen-bond acceptors (Lipinski definition) is 4. The van der Waals surface area contributed by atoms with Crippen molar-refractivity contribution in [2.45, 2.75) is 19.0 Å². The van der Waals surface area contributed by atoms with Gasteiger partial charge in [-0.2, -0.15) is 0 Å². The van der Waals surface area contributed by atoms with Gasteiger partial charge in [0.2, 0.25) is 0 Å². The van der Waals surface area contributed by atoms with Crippen LogP contribution in [0.2, 0.25) is 12.6 Å². The van der Waals surface area contributed by atoms with Crippen molar-refractivity contribution < 1.29 is 14.0 Å². The summed E-state index contributed by atoms with van der Waals surface area (Å²) in [7, 11) is -0.595. The molecule has 1 rings (SSSR count). The van der Waals surface area contributed by atoms with E-state index in [4.69, 9.17) is 14.6 Å². The first-order valence-electron chi connectivity index (χ1n) is 6.17. The molecule has 0 aliphatic carbocycles. The van der Waals surface area contributed by atoms with Crippen molar-refractivity contribution in [1.29, 1.82) is 0 Å². The first kappa shape index (κ1) is 15.3. The van der Waals surface area contributed by atoms with E-state index in [1.165, 1.54) is 5.56 Å². The molecule has 0 radical (unpaired) electrons. The maximum atomic E-state index is 9.49. The highest BCUT2D eigenvalue weighted by molar-refractivity contribution is 6.66. The number of benzene rings is 1. The van der Waals surface area contributed by atoms with E-state index in [0.717, 1.165) is 12.5 Å². The topological polar surface area (TPSA) is 64.7 Å². The van der Waals surface area contributed by atoms with Crippen molar-refractivity contribution >= 4 is 8.56 Å². The first-order valence-corrected chi connectivity index (χ1v) is 8.70. The average molecular weight is 269 g/mol. The molecule has 0 saturated heterocycles. The summed E-state index contributed by atoms with van der Waals surface area (Å²) in [6.45, 7) is 2.28. The van der Waals surface area contributed by atoms with E-state index in [0.29, 0.717) is 0 Å². The Morgan fingerprint density at radius 3 is 2.50 bits per heavy atom. The van der Waals surface area contributed by atoms with Gasteiger partial charge in [0.05, 0.1) is 6.73 Å². The summed E-state index contributed by atoms with van der Waals surface area (Å²) in [4.78, 5) is 0. The summed E-state index contributed by atoms with van der Waals surface area (Å²) < 4.78 is 11.0. The van der Waals surface area contributed by atoms with Gasteiger partial charge in [0.25, 0.3) is 0 Å². The van der Waals surface area contributed by atoms with Gasteiger partial charge in [-0.05, 0) is 30.5 Å². The summed E-state index contributed by atoms with van der Waals surface area (Å²) >= 11 is 0. The van der Waals surface area contributed by atoms with Crippen LogP contribution < -0.4 is 5.73 Å². The maximum Gasteiger partial charge on any atom is 0.336 e. The molecule has 2 atom stereocenters. The summed E-state index contributed by atoms with van der Waals surface area (Å²) in [5.41, 5.74) is 6.65. The van der Waals surface area contributed by atoms with E-state index >= 15 is 0 Å². The molecular formula is C13H23NO3Si. The SMILES string of the molecule is CO[Si](C)(CC(CO)Cc1ccccc1)OCN. The van der Waals surface area contributed by atoms with Gasteiger partial charge in [0, 0.05) is 13.7 Å². The molecule has 0 aliphatic rings. The highest BCUT2D eigenvalue weighted by atomic mass is 28.4. The van der Waals surface area contributed by atoms with Crippen LogP contribution in [0.5, 0.6) is 0 Å². The Kier molecular flexibility index (Phi) is 6.52. The third-order valence-corrected chi connectivity index (χ3v) is 6.07. The number of aliphatic hydroxyl groups excluding tert-OH is 1. The van der Waals surface area contributed by atoms with Crippen LogP contribution in [-0.2, 0) is 15.3 Å². The van der Waals surface area contributed by atoms with Crippen LogP contribution in [-0.4, -0.2) is 34.1 Å². The van der Waals surface area contributed by atoms with Crippen molar-refractivity contribution in [3.63, 3.8) is 0 Å². The molecule has 0 amide bonds. The lowest BCUT2D eigenvalue weighted by Gasteiger charge is -2.28. The molecular weight excluding hydrogens is 246 g/mol. The van der Waals surface area contributed by atoms with Gasteiger partial charge in [0.1, 0.15) is 0 Å². The molecule has 0 aromatic heterocycles. The zero-order valence-electron chi connectivity index (χ0n) is 11.1. The number of nitrogens with two attached hydrogens (primary N) is 1. The summed E-state index contributed by atoms with van der Waals surface area (Å²) in [5, 5.41) is 9.49. The van der Waals surface area contributed by atoms with Crippen molar-refractivity contribution in [3.05, 3.63) is 35.9 Å². The Hall–Kier alpha value is -0.723. The van der Waals surface area contributed by atoms with Crippen LogP contribution in [0, 0.1) is 5.92 Å². The van der Waals surface area contributed by atoms with Gasteiger partial charge < -0.3 is 19.7 Å². The largest absolute Gasteiger partial charge is 0.398 e. The molecule has 0 aliphatic heterocycles. The summed E-state index contributed by atoms with van der Waals surface area (Å²) in [6, 6.07) is 10.9. The van der Waals surface area contributed by atoms with E-state index in [1.807, 2.05) is 24.7 Å². The number of hydrogen-bond donors (Lipinski definition) is 2. The fourth-order valence-electron chi connectivity index (χ4n) is 2.05. The second-order valence-corrected chi connectivity index (χ2v) is 7.96. The first-order chi connectivity index (χ1) is 8.63. The van der Waals surface area contributed by atoms with Crippen molar-refractivity contribution in [1.82, 2.24) is 0 Å². The predicted octanol–water partition coefficient (Wildman–Crippen LogP) is 1.49. The molecule has 0 saturated carbocycles. The molecule has 5 heteroatoms. The lowest BCUT2D eigenvalue weighted by Crippen LogP contribution is -2.42. The smallest absolute Gasteiger partial charge is 0.336 e. The lowest BCUT2D eigenvalue weighted by molar-refractivity contribution is 0.184. The Balaban J connectivity index is 2.61. The Labute approximate surface area is 110 Å². The predicted molar refractivity (Wildman–Crippen MR) is 74.3 cm³/mol. The third kappa shape index (κ3) is 4.87. The van der Waals surface area contributed by atoms with E-state index in [-0.39, 0.29) is 19.3 Å². The monoisotopic (exact) mass is 269 g/mol. The van der Waals surface area contributed by atoms with Gasteiger partial charge in [-0.3, -0.25) is 0 Å². The van der Waals surface area contributed by atoms with Crippen LogP contribution in [0.15, 0.2) is 30.3 Å². The molecule has 0 spiro atoms. The molecule has 1 aromatic rings. The average Bonchev–Trinajstić information content (AvgIpc) is 2.39. The van der Waals surface area contributed by atoms with E-state index in [9.17, 15) is 5.11 Å². The van der Waals surface area contributed by atoms with Crippen molar-refractivity contribution in [2.24, 2.45) is 11.7 Å². The second-order valence-electron chi connectivity index (χ2n) is 4.59. The maximum absolute atomic E-state index is 9.49. The van der Waals surface area contributed by atoms with Crippen LogP contribution in [0.1, 0.15) is 5.56 Å². The number of rotatable bonds is 8. The molecule has 102 valence electrons. The summed E-state index contributed by atoms with van der Waals surface area (Å²) in [5.74, 6) is 0.149. The minimum Gasteiger partial charge on any atom is -0.398 e. The van der Waals surface area contributed by atoms with Gasteiger partial charge in [-0.1, -0.05) is 30.3 Å². The van der Waals surface area contributed by atoms with E-state index in [2.05, 4.69) is 12.1 Å². The zero-order chi connectivity index (χ0) is 13.4. The third-order valence-electron chi connectivity index (χ3n) is 3.11. The van der Waals surface area contributed by atoms with Gasteiger partial charge >= 0.3 is 8.56 Å². The normalized spacial score (nSPS) is 16.2. The standard InChI is InChI=1S/C13H23NO3Si/c1-16-18(2,17-11-14)10-13(9-15)8-12-6-4-3-5-7-12/h3-7,13,15H,8-11,14H2,1-2H3. The molecule has 3 N–H and O–H groups in total. The van der Waals surface area contributed by atoms with E-state index in [1.54, 1.807) is 7.11 Å². The molecule has 2 unspecified atom stereocenters. The minimum atomic E-state index is -2.25. The lowest BCUT2D eigenvalue weighted by atomic mass is 10.0. The molecule has 0 heterocycles. The highest BCUT2D eigenvalue weighted by Crippen LogP contribution is 2.22. The summed E-state index contributed by atoms with van der Waals surface area (Å²) in [6.07, 6.45) is 0.831. The Morgan fingerprint density at radius 1 is 1.33 bits per heavy atom. The van der Waals surface area contributed by atoms with Crippen molar-refractivity contribution in [3.8, 4) is 0 Å². The van der Waals surface area contributed by atoms with Crippen molar-refractivity contribution in [2.75, 3.05) is 20.4 Å². The van der Waals surface area contributed by atoms with Gasteiger partial charge in [-0.25, -0.2) is 0 Å². The Bertz CT molecular complexity index is 336. The van der Waals surface area contributed by atoms with E-state index < -0.39 is 8.56 Å². The van der Waals surface area contributed by atoms with Gasteiger partial charge in [0.15, 0.2) is 0 Å². The quantitative estimate of drug-likeness (QED) is 0.554. The van der Waals surface area contributed by atoms with Crippen LogP contribution in [0.4, 0.5) is 0 Å². The van der Waals surface area contributed by atoms with Crippen LogP contribution in [0.3, 0.4) is 0 Å². The van der Waals surface area contributed by atoms with Gasteiger partial charge in [-0.15, -0.1) is 0 Å². The second kappa shape index (κ2) is 7.65. The minimum absolute atomic E-state index is 0.134. The fraction of sp³-hybridized carbons (Fsp3) is 0.538. The van der Waals surface area contributed by atoms with Crippen LogP contribution in [0.25, 0.3) is 0 Å².